The Morgan fingerprint density at radius 1 is 1.35 bits per heavy atom. The van der Waals surface area contributed by atoms with Crippen LogP contribution in [-0.4, -0.2) is 45.2 Å². The second-order valence-corrected chi connectivity index (χ2v) is 6.45. The molecular weight excluding hydrogens is 360 g/mol. The number of carbonyl (C=O) groups excluding carboxylic acids is 1. The SMILES string of the molecule is Cc1ccc(OC2CCCN(C(=O)c3cncc(Br)c3)C2)nn1. The molecule has 1 fully saturated rings. The topological polar surface area (TPSA) is 68.2 Å². The number of likely N-dealkylation sites (tertiary alicyclic amines) is 1. The molecule has 0 saturated carbocycles. The summed E-state index contributed by atoms with van der Waals surface area (Å²) in [7, 11) is 0. The number of rotatable bonds is 3. The first kappa shape index (κ1) is 15.9. The molecule has 1 amide bonds. The maximum Gasteiger partial charge on any atom is 0.255 e. The molecule has 23 heavy (non-hydrogen) atoms. The molecule has 120 valence electrons. The fourth-order valence-corrected chi connectivity index (χ4v) is 2.92. The Bertz CT molecular complexity index is 693. The minimum Gasteiger partial charge on any atom is -0.471 e. The van der Waals surface area contributed by atoms with Gasteiger partial charge in [0.2, 0.25) is 5.88 Å². The predicted octanol–water partition coefficient (Wildman–Crippen LogP) is 2.63. The highest BCUT2D eigenvalue weighted by Gasteiger charge is 2.26. The van der Waals surface area contributed by atoms with Crippen molar-refractivity contribution in [1.82, 2.24) is 20.1 Å². The predicted molar refractivity (Wildman–Crippen MR) is 88.3 cm³/mol. The molecule has 3 rings (SSSR count). The van der Waals surface area contributed by atoms with E-state index < -0.39 is 0 Å². The number of aryl methyl sites for hydroxylation is 1. The van der Waals surface area contributed by atoms with E-state index in [4.69, 9.17) is 4.74 Å². The average molecular weight is 377 g/mol. The minimum atomic E-state index is -0.0650. The number of nitrogens with zero attached hydrogens (tertiary/aromatic N) is 4. The number of ether oxygens (including phenoxy) is 1. The van der Waals surface area contributed by atoms with Crippen LogP contribution in [0.25, 0.3) is 0 Å². The molecule has 1 atom stereocenters. The number of piperidine rings is 1. The quantitative estimate of drug-likeness (QED) is 0.823. The lowest BCUT2D eigenvalue weighted by atomic mass is 10.1. The van der Waals surface area contributed by atoms with Crippen molar-refractivity contribution in [3.05, 3.63) is 46.3 Å². The molecular formula is C16H17BrN4O2. The molecule has 0 aliphatic carbocycles. The van der Waals surface area contributed by atoms with E-state index in [1.165, 1.54) is 0 Å². The molecule has 0 radical (unpaired) electrons. The van der Waals surface area contributed by atoms with Gasteiger partial charge in [0, 0.05) is 29.5 Å². The van der Waals surface area contributed by atoms with Crippen molar-refractivity contribution >= 4 is 21.8 Å². The van der Waals surface area contributed by atoms with Crippen molar-refractivity contribution in [2.24, 2.45) is 0 Å². The largest absolute Gasteiger partial charge is 0.471 e. The summed E-state index contributed by atoms with van der Waals surface area (Å²) in [4.78, 5) is 18.4. The van der Waals surface area contributed by atoms with Gasteiger partial charge in [-0.1, -0.05) is 0 Å². The molecule has 0 N–H and O–H groups in total. The van der Waals surface area contributed by atoms with Crippen LogP contribution < -0.4 is 4.74 Å². The Kier molecular flexibility index (Phi) is 4.85. The zero-order chi connectivity index (χ0) is 16.2. The summed E-state index contributed by atoms with van der Waals surface area (Å²) in [5.74, 6) is 0.473. The van der Waals surface area contributed by atoms with Crippen molar-refractivity contribution in [3.63, 3.8) is 0 Å². The van der Waals surface area contributed by atoms with Crippen LogP contribution in [0.15, 0.2) is 35.1 Å². The van der Waals surface area contributed by atoms with Gasteiger partial charge in [0.1, 0.15) is 6.10 Å². The summed E-state index contributed by atoms with van der Waals surface area (Å²) in [5.41, 5.74) is 1.43. The molecule has 7 heteroatoms. The summed E-state index contributed by atoms with van der Waals surface area (Å²) in [6.07, 6.45) is 4.98. The zero-order valence-electron chi connectivity index (χ0n) is 12.8. The van der Waals surface area contributed by atoms with Crippen molar-refractivity contribution < 1.29 is 9.53 Å². The third kappa shape index (κ3) is 4.04. The van der Waals surface area contributed by atoms with Crippen LogP contribution in [0.1, 0.15) is 28.9 Å². The Labute approximate surface area is 143 Å². The molecule has 0 aromatic carbocycles. The molecule has 0 bridgehead atoms. The van der Waals surface area contributed by atoms with Gasteiger partial charge in [-0.15, -0.1) is 5.10 Å². The van der Waals surface area contributed by atoms with Gasteiger partial charge >= 0.3 is 0 Å². The lowest BCUT2D eigenvalue weighted by molar-refractivity contribution is 0.0525. The van der Waals surface area contributed by atoms with Crippen molar-refractivity contribution in [2.45, 2.75) is 25.9 Å². The molecule has 1 unspecified atom stereocenters. The van der Waals surface area contributed by atoms with E-state index in [-0.39, 0.29) is 12.0 Å². The first-order valence-corrected chi connectivity index (χ1v) is 8.28. The molecule has 1 saturated heterocycles. The van der Waals surface area contributed by atoms with Gasteiger partial charge in [0.05, 0.1) is 17.8 Å². The van der Waals surface area contributed by atoms with Gasteiger partial charge < -0.3 is 9.64 Å². The number of pyridine rings is 1. The van der Waals surface area contributed by atoms with E-state index in [0.717, 1.165) is 29.6 Å². The van der Waals surface area contributed by atoms with Crippen LogP contribution in [0.3, 0.4) is 0 Å². The van der Waals surface area contributed by atoms with Gasteiger partial charge in [-0.2, -0.15) is 5.10 Å². The van der Waals surface area contributed by atoms with Crippen LogP contribution in [0.4, 0.5) is 0 Å². The lowest BCUT2D eigenvalue weighted by Crippen LogP contribution is -2.44. The Balaban J connectivity index is 1.66. The second kappa shape index (κ2) is 7.04. The molecule has 6 nitrogen and oxygen atoms in total. The molecule has 3 heterocycles. The van der Waals surface area contributed by atoms with Crippen molar-refractivity contribution in [3.8, 4) is 5.88 Å². The van der Waals surface area contributed by atoms with Crippen LogP contribution >= 0.6 is 15.9 Å². The molecule has 0 spiro atoms. The number of halogens is 1. The normalized spacial score (nSPS) is 17.8. The third-order valence-corrected chi connectivity index (χ3v) is 4.11. The van der Waals surface area contributed by atoms with Gasteiger partial charge in [0.25, 0.3) is 5.91 Å². The van der Waals surface area contributed by atoms with E-state index in [9.17, 15) is 4.79 Å². The molecule has 1 aliphatic heterocycles. The van der Waals surface area contributed by atoms with Crippen molar-refractivity contribution in [2.75, 3.05) is 13.1 Å². The lowest BCUT2D eigenvalue weighted by Gasteiger charge is -2.32. The Morgan fingerprint density at radius 2 is 2.22 bits per heavy atom. The van der Waals surface area contributed by atoms with Crippen LogP contribution in [-0.2, 0) is 0 Å². The van der Waals surface area contributed by atoms with E-state index in [1.807, 2.05) is 13.0 Å². The zero-order valence-corrected chi connectivity index (χ0v) is 14.4. The van der Waals surface area contributed by atoms with Crippen LogP contribution in [0, 0.1) is 6.92 Å². The summed E-state index contributed by atoms with van der Waals surface area (Å²) in [5, 5.41) is 8.01. The summed E-state index contributed by atoms with van der Waals surface area (Å²) >= 11 is 3.34. The van der Waals surface area contributed by atoms with Gasteiger partial charge in [-0.25, -0.2) is 0 Å². The third-order valence-electron chi connectivity index (χ3n) is 3.68. The monoisotopic (exact) mass is 376 g/mol. The summed E-state index contributed by atoms with van der Waals surface area (Å²) < 4.78 is 6.65. The minimum absolute atomic E-state index is 0.0258. The maximum atomic E-state index is 12.6. The van der Waals surface area contributed by atoms with E-state index in [0.29, 0.717) is 18.0 Å². The summed E-state index contributed by atoms with van der Waals surface area (Å²) in [6.45, 7) is 3.15. The average Bonchev–Trinajstić information content (AvgIpc) is 2.56. The number of hydrogen-bond acceptors (Lipinski definition) is 5. The second-order valence-electron chi connectivity index (χ2n) is 5.54. The Morgan fingerprint density at radius 3 is 2.96 bits per heavy atom. The standard InChI is InChI=1S/C16H17BrN4O2/c1-11-4-5-15(20-19-11)23-14-3-2-6-21(10-14)16(22)12-7-13(17)9-18-8-12/h4-5,7-9,14H,2-3,6,10H2,1H3. The maximum absolute atomic E-state index is 12.6. The molecule has 2 aromatic rings. The van der Waals surface area contributed by atoms with Crippen LogP contribution in [0.2, 0.25) is 0 Å². The number of amides is 1. The summed E-state index contributed by atoms with van der Waals surface area (Å²) in [6, 6.07) is 5.45. The first-order chi connectivity index (χ1) is 11.1. The highest BCUT2D eigenvalue weighted by atomic mass is 79.9. The fourth-order valence-electron chi connectivity index (χ4n) is 2.55. The van der Waals surface area contributed by atoms with Gasteiger partial charge in [-0.3, -0.25) is 9.78 Å². The number of carbonyl (C=O) groups is 1. The fraction of sp³-hybridized carbons (Fsp3) is 0.375. The van der Waals surface area contributed by atoms with Crippen LogP contribution in [0.5, 0.6) is 5.88 Å². The molecule has 1 aliphatic rings. The van der Waals surface area contributed by atoms with Gasteiger partial charge in [0.15, 0.2) is 0 Å². The number of aromatic nitrogens is 3. The highest BCUT2D eigenvalue weighted by molar-refractivity contribution is 9.10. The van der Waals surface area contributed by atoms with E-state index in [2.05, 4.69) is 31.1 Å². The number of hydrogen-bond donors (Lipinski definition) is 0. The van der Waals surface area contributed by atoms with Crippen molar-refractivity contribution in [1.29, 1.82) is 0 Å². The Hall–Kier alpha value is -2.02. The first-order valence-electron chi connectivity index (χ1n) is 7.48. The molecule has 2 aromatic heterocycles. The smallest absolute Gasteiger partial charge is 0.255 e. The van der Waals surface area contributed by atoms with E-state index >= 15 is 0 Å². The highest BCUT2D eigenvalue weighted by Crippen LogP contribution is 2.19. The van der Waals surface area contributed by atoms with Gasteiger partial charge in [-0.05, 0) is 47.8 Å². The van der Waals surface area contributed by atoms with E-state index in [1.54, 1.807) is 29.4 Å².